The van der Waals surface area contributed by atoms with E-state index in [0.717, 1.165) is 29.8 Å². The lowest BCUT2D eigenvalue weighted by Gasteiger charge is -2.19. The molecule has 0 bridgehead atoms. The summed E-state index contributed by atoms with van der Waals surface area (Å²) in [4.78, 5) is 11.1. The number of aromatic nitrogens is 2. The van der Waals surface area contributed by atoms with Crippen LogP contribution in [0.25, 0.3) is 11.3 Å². The van der Waals surface area contributed by atoms with Gasteiger partial charge in [0.05, 0.1) is 24.4 Å². The summed E-state index contributed by atoms with van der Waals surface area (Å²) in [5.74, 6) is 0.706. The van der Waals surface area contributed by atoms with E-state index in [1.807, 2.05) is 19.1 Å². The average Bonchev–Trinajstić information content (AvgIpc) is 3.17. The van der Waals surface area contributed by atoms with Gasteiger partial charge < -0.3 is 14.6 Å². The molecule has 0 unspecified atom stereocenters. The standard InChI is InChI=1S/C24H26N2O4/c1-2-29-23-16-21(18-10-12-19(13-11-18)24(27)28)25-26(23)14-15-30-22-9-5-7-17-6-3-4-8-20(17)22/h5,7,9-13,16H,2-4,6,8,14-15H2,1H3,(H,27,28). The van der Waals surface area contributed by atoms with Crippen LogP contribution in [0, 0.1) is 0 Å². The second-order valence-electron chi connectivity index (χ2n) is 7.36. The van der Waals surface area contributed by atoms with E-state index >= 15 is 0 Å². The Morgan fingerprint density at radius 2 is 1.90 bits per heavy atom. The van der Waals surface area contributed by atoms with Crippen molar-refractivity contribution in [3.05, 3.63) is 65.2 Å². The number of carbonyl (C=O) groups is 1. The van der Waals surface area contributed by atoms with Crippen LogP contribution in [0.5, 0.6) is 11.6 Å². The molecule has 156 valence electrons. The van der Waals surface area contributed by atoms with Crippen LogP contribution in [0.2, 0.25) is 0 Å². The van der Waals surface area contributed by atoms with E-state index in [4.69, 9.17) is 14.6 Å². The van der Waals surface area contributed by atoms with Crippen molar-refractivity contribution >= 4 is 5.97 Å². The van der Waals surface area contributed by atoms with Gasteiger partial charge in [-0.1, -0.05) is 24.3 Å². The zero-order valence-electron chi connectivity index (χ0n) is 17.1. The number of aromatic carboxylic acids is 1. The lowest BCUT2D eigenvalue weighted by Crippen LogP contribution is -2.13. The Morgan fingerprint density at radius 3 is 2.67 bits per heavy atom. The van der Waals surface area contributed by atoms with Gasteiger partial charge in [0.25, 0.3) is 0 Å². The van der Waals surface area contributed by atoms with Crippen molar-refractivity contribution < 1.29 is 19.4 Å². The SMILES string of the molecule is CCOc1cc(-c2ccc(C(=O)O)cc2)nn1CCOc1cccc2c1CCCC2. The Hall–Kier alpha value is -3.28. The Kier molecular flexibility index (Phi) is 6.02. The second kappa shape index (κ2) is 9.03. The first-order valence-corrected chi connectivity index (χ1v) is 10.4. The lowest BCUT2D eigenvalue weighted by atomic mass is 9.91. The van der Waals surface area contributed by atoms with Gasteiger partial charge in [-0.2, -0.15) is 5.10 Å². The molecule has 2 aromatic carbocycles. The molecule has 30 heavy (non-hydrogen) atoms. The summed E-state index contributed by atoms with van der Waals surface area (Å²) in [5.41, 5.74) is 4.58. The number of carboxylic acids is 1. The molecular formula is C24H26N2O4. The first-order chi connectivity index (χ1) is 14.7. The van der Waals surface area contributed by atoms with Crippen LogP contribution in [0.3, 0.4) is 0 Å². The summed E-state index contributed by atoms with van der Waals surface area (Å²) in [6.45, 7) is 3.53. The van der Waals surface area contributed by atoms with Gasteiger partial charge >= 0.3 is 5.97 Å². The van der Waals surface area contributed by atoms with Crippen molar-refractivity contribution in [3.8, 4) is 22.9 Å². The minimum atomic E-state index is -0.942. The van der Waals surface area contributed by atoms with E-state index in [-0.39, 0.29) is 5.56 Å². The molecule has 1 N–H and O–H groups in total. The van der Waals surface area contributed by atoms with Crippen molar-refractivity contribution in [3.63, 3.8) is 0 Å². The van der Waals surface area contributed by atoms with Gasteiger partial charge in [0.2, 0.25) is 5.88 Å². The second-order valence-corrected chi connectivity index (χ2v) is 7.36. The maximum Gasteiger partial charge on any atom is 0.335 e. The number of benzene rings is 2. The Morgan fingerprint density at radius 1 is 1.10 bits per heavy atom. The third-order valence-corrected chi connectivity index (χ3v) is 5.38. The Labute approximate surface area is 176 Å². The van der Waals surface area contributed by atoms with Crippen LogP contribution < -0.4 is 9.47 Å². The highest BCUT2D eigenvalue weighted by Crippen LogP contribution is 2.30. The van der Waals surface area contributed by atoms with Crippen molar-refractivity contribution in [2.24, 2.45) is 0 Å². The van der Waals surface area contributed by atoms with E-state index in [2.05, 4.69) is 17.2 Å². The highest BCUT2D eigenvalue weighted by atomic mass is 16.5. The zero-order chi connectivity index (χ0) is 20.9. The van der Waals surface area contributed by atoms with Gasteiger partial charge in [-0.05, 0) is 61.9 Å². The van der Waals surface area contributed by atoms with Crippen molar-refractivity contribution in [1.29, 1.82) is 0 Å². The quantitative estimate of drug-likeness (QED) is 0.592. The molecule has 0 amide bonds. The van der Waals surface area contributed by atoms with E-state index < -0.39 is 5.97 Å². The number of hydrogen-bond acceptors (Lipinski definition) is 4. The number of ether oxygens (including phenoxy) is 2. The van der Waals surface area contributed by atoms with Crippen LogP contribution in [-0.4, -0.2) is 34.1 Å². The molecular weight excluding hydrogens is 380 g/mol. The van der Waals surface area contributed by atoms with Gasteiger partial charge in [-0.25, -0.2) is 9.48 Å². The maximum absolute atomic E-state index is 11.1. The smallest absolute Gasteiger partial charge is 0.335 e. The molecule has 0 saturated carbocycles. The summed E-state index contributed by atoms with van der Waals surface area (Å²) >= 11 is 0. The maximum atomic E-state index is 11.1. The monoisotopic (exact) mass is 406 g/mol. The first-order valence-electron chi connectivity index (χ1n) is 10.4. The molecule has 1 aliphatic carbocycles. The fourth-order valence-electron chi connectivity index (χ4n) is 3.87. The highest BCUT2D eigenvalue weighted by molar-refractivity contribution is 5.88. The highest BCUT2D eigenvalue weighted by Gasteiger charge is 2.15. The third kappa shape index (κ3) is 4.32. The molecule has 1 aromatic heterocycles. The zero-order valence-corrected chi connectivity index (χ0v) is 17.1. The lowest BCUT2D eigenvalue weighted by molar-refractivity contribution is 0.0697. The summed E-state index contributed by atoms with van der Waals surface area (Å²) in [7, 11) is 0. The summed E-state index contributed by atoms with van der Waals surface area (Å²) in [5, 5.41) is 13.7. The van der Waals surface area contributed by atoms with Crippen LogP contribution in [0.1, 0.15) is 41.3 Å². The van der Waals surface area contributed by atoms with Crippen LogP contribution in [0.15, 0.2) is 48.5 Å². The molecule has 1 aliphatic rings. The molecule has 0 atom stereocenters. The fourth-order valence-corrected chi connectivity index (χ4v) is 3.87. The van der Waals surface area contributed by atoms with Gasteiger partial charge in [-0.15, -0.1) is 0 Å². The predicted octanol–water partition coefficient (Wildman–Crippen LogP) is 4.60. The first kappa shape index (κ1) is 20.0. The molecule has 0 spiro atoms. The number of fused-ring (bicyclic) bond motifs is 1. The number of hydrogen-bond donors (Lipinski definition) is 1. The van der Waals surface area contributed by atoms with E-state index in [9.17, 15) is 4.79 Å². The van der Waals surface area contributed by atoms with Gasteiger partial charge in [0.15, 0.2) is 0 Å². The minimum absolute atomic E-state index is 0.253. The van der Waals surface area contributed by atoms with Crippen LogP contribution in [0.4, 0.5) is 0 Å². The predicted molar refractivity (Wildman–Crippen MR) is 114 cm³/mol. The number of nitrogens with zero attached hydrogens (tertiary/aromatic N) is 2. The van der Waals surface area contributed by atoms with Gasteiger partial charge in [0.1, 0.15) is 12.4 Å². The van der Waals surface area contributed by atoms with Crippen molar-refractivity contribution in [1.82, 2.24) is 9.78 Å². The molecule has 0 saturated heterocycles. The third-order valence-electron chi connectivity index (χ3n) is 5.38. The Bertz CT molecular complexity index is 1020. The topological polar surface area (TPSA) is 73.6 Å². The molecule has 0 radical (unpaired) electrons. The van der Waals surface area contributed by atoms with Crippen molar-refractivity contribution in [2.45, 2.75) is 39.2 Å². The minimum Gasteiger partial charge on any atom is -0.491 e. The van der Waals surface area contributed by atoms with Gasteiger partial charge in [-0.3, -0.25) is 0 Å². The summed E-state index contributed by atoms with van der Waals surface area (Å²) < 4.78 is 13.7. The molecule has 6 heteroatoms. The summed E-state index contributed by atoms with van der Waals surface area (Å²) in [6, 6.07) is 14.9. The molecule has 0 fully saturated rings. The van der Waals surface area contributed by atoms with Crippen LogP contribution >= 0.6 is 0 Å². The fraction of sp³-hybridized carbons (Fsp3) is 0.333. The van der Waals surface area contributed by atoms with E-state index in [1.54, 1.807) is 28.9 Å². The van der Waals surface area contributed by atoms with Gasteiger partial charge in [0, 0.05) is 11.6 Å². The van der Waals surface area contributed by atoms with Crippen molar-refractivity contribution in [2.75, 3.05) is 13.2 Å². The average molecular weight is 406 g/mol. The molecule has 4 rings (SSSR count). The number of aryl methyl sites for hydroxylation is 1. The summed E-state index contributed by atoms with van der Waals surface area (Å²) in [6.07, 6.45) is 4.67. The molecule has 0 aliphatic heterocycles. The van der Waals surface area contributed by atoms with E-state index in [1.165, 1.54) is 24.0 Å². The Balaban J connectivity index is 1.48. The number of carboxylic acid groups (broad SMARTS) is 1. The van der Waals surface area contributed by atoms with E-state index in [0.29, 0.717) is 25.6 Å². The largest absolute Gasteiger partial charge is 0.491 e. The number of rotatable bonds is 8. The molecule has 3 aromatic rings. The van der Waals surface area contributed by atoms with Crippen LogP contribution in [-0.2, 0) is 19.4 Å². The molecule has 1 heterocycles. The molecule has 6 nitrogen and oxygen atoms in total. The normalized spacial score (nSPS) is 13.0.